The van der Waals surface area contributed by atoms with Crippen LogP contribution < -0.4 is 0 Å². The van der Waals surface area contributed by atoms with Gasteiger partial charge in [0.1, 0.15) is 24.4 Å². The van der Waals surface area contributed by atoms with Crippen molar-refractivity contribution in [2.24, 2.45) is 0 Å². The zero-order valence-corrected chi connectivity index (χ0v) is 9.66. The lowest BCUT2D eigenvalue weighted by molar-refractivity contribution is -0.285. The third-order valence-corrected chi connectivity index (χ3v) is 2.90. The lowest BCUT2D eigenvalue weighted by Gasteiger charge is -2.38. The molecule has 0 aromatic rings. The Labute approximate surface area is 95.9 Å². The normalized spacial score (nSPS) is 41.0. The molecule has 16 heavy (non-hydrogen) atoms. The first kappa shape index (κ1) is 14.4. The summed E-state index contributed by atoms with van der Waals surface area (Å²) in [5.41, 5.74) is 0. The zero-order valence-electron chi connectivity index (χ0n) is 7.95. The van der Waals surface area contributed by atoms with Crippen molar-refractivity contribution in [3.8, 4) is 0 Å². The van der Waals surface area contributed by atoms with Crippen LogP contribution in [0.25, 0.3) is 0 Å². The Morgan fingerprint density at radius 2 is 1.62 bits per heavy atom. The molecule has 1 heterocycles. The standard InChI is InChI=1S/C6H13O8PS/c7-3-2(1-13-15(11,12)16)14-6(10)5(9)4(3)8/h2-10H,1H2,(H2,11,12,16)/t2-,3-,4+,5+,6?/m1/s1. The Kier molecular flexibility index (Phi) is 4.78. The molecule has 1 rings (SSSR count). The molecule has 1 unspecified atom stereocenters. The van der Waals surface area contributed by atoms with Crippen molar-refractivity contribution in [1.82, 2.24) is 0 Å². The van der Waals surface area contributed by atoms with Crippen molar-refractivity contribution in [2.75, 3.05) is 6.61 Å². The molecule has 0 spiro atoms. The molecule has 6 N–H and O–H groups in total. The smallest absolute Gasteiger partial charge is 0.321 e. The van der Waals surface area contributed by atoms with E-state index in [1.165, 1.54) is 0 Å². The van der Waals surface area contributed by atoms with Crippen molar-refractivity contribution in [1.29, 1.82) is 0 Å². The van der Waals surface area contributed by atoms with Gasteiger partial charge >= 0.3 is 6.72 Å². The van der Waals surface area contributed by atoms with Crippen molar-refractivity contribution in [3.63, 3.8) is 0 Å². The Balaban J connectivity index is 2.57. The number of aliphatic hydroxyl groups is 4. The maximum absolute atomic E-state index is 9.41. The van der Waals surface area contributed by atoms with Crippen LogP contribution >= 0.6 is 6.72 Å². The predicted octanol–water partition coefficient (Wildman–Crippen LogP) is -2.99. The van der Waals surface area contributed by atoms with E-state index in [2.05, 4.69) is 16.3 Å². The van der Waals surface area contributed by atoms with Gasteiger partial charge in [-0.05, 0) is 11.8 Å². The average Bonchev–Trinajstić information content (AvgIpc) is 2.17. The SMILES string of the molecule is OC1O[C@H](COP(O)(O)=S)[C@@H](O)[C@H](O)[C@@H]1O. The number of hydrogen-bond donors (Lipinski definition) is 6. The van der Waals surface area contributed by atoms with E-state index in [0.29, 0.717) is 0 Å². The quantitative estimate of drug-likeness (QED) is 0.298. The summed E-state index contributed by atoms with van der Waals surface area (Å²) in [5, 5.41) is 36.9. The van der Waals surface area contributed by atoms with E-state index in [1.54, 1.807) is 0 Å². The molecule has 8 nitrogen and oxygen atoms in total. The summed E-state index contributed by atoms with van der Waals surface area (Å²) < 4.78 is 9.12. The van der Waals surface area contributed by atoms with Gasteiger partial charge in [-0.2, -0.15) is 0 Å². The minimum Gasteiger partial charge on any atom is -0.387 e. The Morgan fingerprint density at radius 3 is 2.12 bits per heavy atom. The highest BCUT2D eigenvalue weighted by Crippen LogP contribution is 2.37. The minimum absolute atomic E-state index is 0.522. The lowest BCUT2D eigenvalue weighted by atomic mass is 10.00. The molecule has 1 saturated heterocycles. The highest BCUT2D eigenvalue weighted by atomic mass is 32.5. The second-order valence-electron chi connectivity index (χ2n) is 3.32. The van der Waals surface area contributed by atoms with Crippen LogP contribution in [0.1, 0.15) is 0 Å². The molecular formula is C6H13O8PS. The molecule has 0 amide bonds. The molecule has 1 fully saturated rings. The van der Waals surface area contributed by atoms with Crippen LogP contribution in [0.4, 0.5) is 0 Å². The first-order chi connectivity index (χ1) is 7.22. The van der Waals surface area contributed by atoms with Crippen LogP contribution in [0.15, 0.2) is 0 Å². The van der Waals surface area contributed by atoms with E-state index in [-0.39, 0.29) is 0 Å². The van der Waals surface area contributed by atoms with E-state index in [4.69, 9.17) is 24.7 Å². The second-order valence-corrected chi connectivity index (χ2v) is 5.99. The monoisotopic (exact) mass is 276 g/mol. The minimum atomic E-state index is -3.90. The topological polar surface area (TPSA) is 140 Å². The van der Waals surface area contributed by atoms with Crippen LogP contribution in [0.5, 0.6) is 0 Å². The fourth-order valence-corrected chi connectivity index (χ4v) is 1.76. The van der Waals surface area contributed by atoms with E-state index in [0.717, 1.165) is 0 Å². The van der Waals surface area contributed by atoms with Gasteiger partial charge in [-0.15, -0.1) is 0 Å². The summed E-state index contributed by atoms with van der Waals surface area (Å²) in [7, 11) is 0. The number of aliphatic hydroxyl groups excluding tert-OH is 4. The first-order valence-electron chi connectivity index (χ1n) is 4.30. The highest BCUT2D eigenvalue weighted by molar-refractivity contribution is 8.06. The van der Waals surface area contributed by atoms with Crippen LogP contribution in [-0.4, -0.2) is 67.5 Å². The average molecular weight is 276 g/mol. The van der Waals surface area contributed by atoms with E-state index >= 15 is 0 Å². The Bertz CT molecular complexity index is 282. The third kappa shape index (κ3) is 3.67. The number of rotatable bonds is 3. The predicted molar refractivity (Wildman–Crippen MR) is 53.6 cm³/mol. The lowest BCUT2D eigenvalue weighted by Crippen LogP contribution is -2.58. The van der Waals surface area contributed by atoms with Crippen molar-refractivity contribution in [2.45, 2.75) is 30.7 Å². The zero-order chi connectivity index (χ0) is 12.5. The Hall–Kier alpha value is 0.330. The molecule has 0 radical (unpaired) electrons. The summed E-state index contributed by atoms with van der Waals surface area (Å²) in [6.07, 6.45) is -7.69. The first-order valence-corrected chi connectivity index (χ1v) is 6.93. The van der Waals surface area contributed by atoms with Gasteiger partial charge in [0.2, 0.25) is 0 Å². The molecule has 0 bridgehead atoms. The fraction of sp³-hybridized carbons (Fsp3) is 1.00. The van der Waals surface area contributed by atoms with E-state index in [1.807, 2.05) is 0 Å². The largest absolute Gasteiger partial charge is 0.387 e. The van der Waals surface area contributed by atoms with Crippen molar-refractivity contribution >= 4 is 18.5 Å². The summed E-state index contributed by atoms with van der Waals surface area (Å²) >= 11 is 4.16. The summed E-state index contributed by atoms with van der Waals surface area (Å²) in [6, 6.07) is 0. The molecule has 5 atom stereocenters. The number of hydrogen-bond acceptors (Lipinski definition) is 7. The van der Waals surface area contributed by atoms with Gasteiger partial charge in [0.15, 0.2) is 6.29 Å². The van der Waals surface area contributed by atoms with E-state index in [9.17, 15) is 10.2 Å². The second kappa shape index (κ2) is 5.32. The van der Waals surface area contributed by atoms with Crippen LogP contribution in [-0.2, 0) is 21.1 Å². The number of ether oxygens (including phenoxy) is 1. The van der Waals surface area contributed by atoms with Gasteiger partial charge in [0.25, 0.3) is 0 Å². The fourth-order valence-electron chi connectivity index (χ4n) is 1.24. The maximum atomic E-state index is 9.41. The molecule has 96 valence electrons. The van der Waals surface area contributed by atoms with Gasteiger partial charge in [-0.3, -0.25) is 0 Å². The molecule has 0 aromatic heterocycles. The molecule has 1 aliphatic heterocycles. The van der Waals surface area contributed by atoms with Gasteiger partial charge < -0.3 is 39.5 Å². The van der Waals surface area contributed by atoms with Gasteiger partial charge in [0, 0.05) is 0 Å². The van der Waals surface area contributed by atoms with Crippen LogP contribution in [0.2, 0.25) is 0 Å². The summed E-state index contributed by atoms with van der Waals surface area (Å²) in [5.74, 6) is 0. The summed E-state index contributed by atoms with van der Waals surface area (Å²) in [4.78, 5) is 17.5. The van der Waals surface area contributed by atoms with Crippen molar-refractivity contribution in [3.05, 3.63) is 0 Å². The Morgan fingerprint density at radius 1 is 1.06 bits per heavy atom. The molecule has 0 aromatic carbocycles. The van der Waals surface area contributed by atoms with Gasteiger partial charge in [-0.1, -0.05) is 0 Å². The third-order valence-electron chi connectivity index (χ3n) is 2.09. The van der Waals surface area contributed by atoms with Crippen molar-refractivity contribution < 1.29 is 39.5 Å². The highest BCUT2D eigenvalue weighted by Gasteiger charge is 2.43. The summed E-state index contributed by atoms with van der Waals surface area (Å²) in [6.45, 7) is -4.42. The molecular weight excluding hydrogens is 263 g/mol. The van der Waals surface area contributed by atoms with E-state index < -0.39 is 44.0 Å². The van der Waals surface area contributed by atoms with Gasteiger partial charge in [0.05, 0.1) is 6.61 Å². The molecule has 0 aliphatic carbocycles. The van der Waals surface area contributed by atoms with Crippen LogP contribution in [0, 0.1) is 0 Å². The van der Waals surface area contributed by atoms with Crippen LogP contribution in [0.3, 0.4) is 0 Å². The molecule has 10 heteroatoms. The molecule has 1 aliphatic rings. The van der Waals surface area contributed by atoms with Gasteiger partial charge in [-0.25, -0.2) is 0 Å². The maximum Gasteiger partial charge on any atom is 0.321 e. The molecule has 0 saturated carbocycles.